The third-order valence-electron chi connectivity index (χ3n) is 3.17. The second-order valence-corrected chi connectivity index (χ2v) is 7.31. The SMILES string of the molecule is CC(Sc1nc2ccccc2s1)C(=O)N(C)C(C)CO. The smallest absolute Gasteiger partial charge is 0.235 e. The number of benzene rings is 1. The van der Waals surface area contributed by atoms with Crippen molar-refractivity contribution < 1.29 is 9.90 Å². The van der Waals surface area contributed by atoms with Gasteiger partial charge in [-0.1, -0.05) is 23.9 Å². The fourth-order valence-corrected chi connectivity index (χ4v) is 4.04. The third kappa shape index (κ3) is 3.31. The maximum absolute atomic E-state index is 12.2. The Morgan fingerprint density at radius 3 is 2.80 bits per heavy atom. The van der Waals surface area contributed by atoms with Crippen LogP contribution >= 0.6 is 23.1 Å². The van der Waals surface area contributed by atoms with Gasteiger partial charge in [-0.15, -0.1) is 11.3 Å². The second-order valence-electron chi connectivity index (χ2n) is 4.69. The quantitative estimate of drug-likeness (QED) is 0.863. The van der Waals surface area contributed by atoms with Crippen molar-refractivity contribution in [3.63, 3.8) is 0 Å². The van der Waals surface area contributed by atoms with Crippen LogP contribution in [-0.2, 0) is 4.79 Å². The van der Waals surface area contributed by atoms with Crippen LogP contribution in [0.15, 0.2) is 28.6 Å². The summed E-state index contributed by atoms with van der Waals surface area (Å²) in [4.78, 5) is 18.3. The average molecular weight is 310 g/mol. The maximum Gasteiger partial charge on any atom is 0.235 e. The first-order valence-electron chi connectivity index (χ1n) is 6.42. The van der Waals surface area contributed by atoms with E-state index in [-0.39, 0.29) is 23.8 Å². The van der Waals surface area contributed by atoms with Crippen molar-refractivity contribution in [2.24, 2.45) is 0 Å². The van der Waals surface area contributed by atoms with Gasteiger partial charge < -0.3 is 10.0 Å². The molecule has 1 amide bonds. The molecule has 0 bridgehead atoms. The van der Waals surface area contributed by atoms with Crippen LogP contribution in [0.1, 0.15) is 13.8 Å². The molecule has 0 aliphatic rings. The van der Waals surface area contributed by atoms with Gasteiger partial charge in [0, 0.05) is 7.05 Å². The molecule has 2 atom stereocenters. The van der Waals surface area contributed by atoms with E-state index in [1.165, 1.54) is 11.8 Å². The van der Waals surface area contributed by atoms with Crippen LogP contribution in [0.3, 0.4) is 0 Å². The molecule has 0 fully saturated rings. The fraction of sp³-hybridized carbons (Fsp3) is 0.429. The van der Waals surface area contributed by atoms with Gasteiger partial charge in [-0.05, 0) is 26.0 Å². The molecule has 1 aromatic carbocycles. The number of aliphatic hydroxyl groups is 1. The number of likely N-dealkylation sites (N-methyl/N-ethyl adjacent to an activating group) is 1. The Labute approximate surface area is 126 Å². The molecule has 0 radical (unpaired) electrons. The number of rotatable bonds is 5. The van der Waals surface area contributed by atoms with Crippen LogP contribution in [0, 0.1) is 0 Å². The highest BCUT2D eigenvalue weighted by Crippen LogP contribution is 2.32. The minimum atomic E-state index is -0.213. The fourth-order valence-electron chi connectivity index (χ4n) is 1.73. The van der Waals surface area contributed by atoms with E-state index in [4.69, 9.17) is 5.11 Å². The van der Waals surface area contributed by atoms with Gasteiger partial charge in [0.1, 0.15) is 0 Å². The summed E-state index contributed by atoms with van der Waals surface area (Å²) >= 11 is 3.07. The zero-order valence-electron chi connectivity index (χ0n) is 11.7. The normalized spacial score (nSPS) is 14.2. The molecule has 0 saturated heterocycles. The number of carbonyl (C=O) groups is 1. The van der Waals surface area contributed by atoms with Crippen molar-refractivity contribution in [1.29, 1.82) is 0 Å². The van der Waals surface area contributed by atoms with Crippen molar-refractivity contribution in [1.82, 2.24) is 9.88 Å². The van der Waals surface area contributed by atoms with E-state index in [0.717, 1.165) is 14.6 Å². The first-order valence-corrected chi connectivity index (χ1v) is 8.12. The van der Waals surface area contributed by atoms with Gasteiger partial charge in [0.2, 0.25) is 5.91 Å². The summed E-state index contributed by atoms with van der Waals surface area (Å²) in [5.74, 6) is 0.0100. The first-order chi connectivity index (χ1) is 9.52. The lowest BCUT2D eigenvalue weighted by Gasteiger charge is -2.25. The summed E-state index contributed by atoms with van der Waals surface area (Å²) in [6.07, 6.45) is 0. The Morgan fingerprint density at radius 2 is 2.15 bits per heavy atom. The van der Waals surface area contributed by atoms with Crippen LogP contribution in [0.2, 0.25) is 0 Å². The van der Waals surface area contributed by atoms with Gasteiger partial charge in [-0.25, -0.2) is 4.98 Å². The molecule has 2 aromatic rings. The number of aromatic nitrogens is 1. The van der Waals surface area contributed by atoms with Gasteiger partial charge in [-0.3, -0.25) is 4.79 Å². The van der Waals surface area contributed by atoms with Gasteiger partial charge in [0.25, 0.3) is 0 Å². The molecule has 2 rings (SSSR count). The van der Waals surface area contributed by atoms with Gasteiger partial charge in [0.05, 0.1) is 28.1 Å². The zero-order valence-corrected chi connectivity index (χ0v) is 13.4. The van der Waals surface area contributed by atoms with Crippen molar-refractivity contribution >= 4 is 39.2 Å². The van der Waals surface area contributed by atoms with Gasteiger partial charge in [0.15, 0.2) is 4.34 Å². The molecule has 0 spiro atoms. The summed E-state index contributed by atoms with van der Waals surface area (Å²) in [6, 6.07) is 7.79. The lowest BCUT2D eigenvalue weighted by Crippen LogP contribution is -2.41. The molecule has 4 nitrogen and oxygen atoms in total. The number of hydrogen-bond acceptors (Lipinski definition) is 5. The molecular weight excluding hydrogens is 292 g/mol. The number of aliphatic hydroxyl groups excluding tert-OH is 1. The number of amides is 1. The molecule has 108 valence electrons. The number of thiazole rings is 1. The molecule has 1 heterocycles. The molecule has 0 aliphatic heterocycles. The molecule has 2 unspecified atom stereocenters. The van der Waals surface area contributed by atoms with E-state index in [0.29, 0.717) is 0 Å². The summed E-state index contributed by atoms with van der Waals surface area (Å²) in [5, 5.41) is 8.90. The number of hydrogen-bond donors (Lipinski definition) is 1. The monoisotopic (exact) mass is 310 g/mol. The van der Waals surface area contributed by atoms with E-state index < -0.39 is 0 Å². The highest BCUT2D eigenvalue weighted by Gasteiger charge is 2.23. The van der Waals surface area contributed by atoms with Crippen LogP contribution in [0.25, 0.3) is 10.2 Å². The van der Waals surface area contributed by atoms with Crippen molar-refractivity contribution in [2.45, 2.75) is 29.5 Å². The molecule has 1 N–H and O–H groups in total. The Balaban J connectivity index is 2.07. The van der Waals surface area contributed by atoms with E-state index in [1.54, 1.807) is 23.3 Å². The Bertz CT molecular complexity index is 567. The summed E-state index contributed by atoms with van der Waals surface area (Å²) in [7, 11) is 1.72. The van der Waals surface area contributed by atoms with E-state index in [1.807, 2.05) is 38.1 Å². The number of nitrogens with zero attached hydrogens (tertiary/aromatic N) is 2. The summed E-state index contributed by atoms with van der Waals surface area (Å²) < 4.78 is 2.03. The highest BCUT2D eigenvalue weighted by atomic mass is 32.2. The van der Waals surface area contributed by atoms with Gasteiger partial charge in [-0.2, -0.15) is 0 Å². The maximum atomic E-state index is 12.2. The van der Waals surface area contributed by atoms with Gasteiger partial charge >= 0.3 is 0 Å². The summed E-state index contributed by atoms with van der Waals surface area (Å²) in [6.45, 7) is 3.67. The zero-order chi connectivity index (χ0) is 14.7. The third-order valence-corrected chi connectivity index (χ3v) is 5.39. The Hall–Kier alpha value is -1.11. The molecule has 20 heavy (non-hydrogen) atoms. The van der Waals surface area contributed by atoms with Crippen LogP contribution in [-0.4, -0.2) is 45.8 Å². The highest BCUT2D eigenvalue weighted by molar-refractivity contribution is 8.02. The molecule has 1 aromatic heterocycles. The lowest BCUT2D eigenvalue weighted by atomic mass is 10.3. The number of para-hydroxylation sites is 1. The predicted molar refractivity (Wildman–Crippen MR) is 84.3 cm³/mol. The summed E-state index contributed by atoms with van der Waals surface area (Å²) in [5.41, 5.74) is 0.969. The number of fused-ring (bicyclic) bond motifs is 1. The minimum Gasteiger partial charge on any atom is -0.394 e. The Kier molecular flexibility index (Phi) is 5.01. The average Bonchev–Trinajstić information content (AvgIpc) is 2.86. The second kappa shape index (κ2) is 6.56. The van der Waals surface area contributed by atoms with E-state index in [2.05, 4.69) is 4.98 Å². The van der Waals surface area contributed by atoms with Crippen LogP contribution < -0.4 is 0 Å². The molecule has 0 saturated carbocycles. The minimum absolute atomic E-state index is 0.0100. The Morgan fingerprint density at radius 1 is 1.45 bits per heavy atom. The molecule has 6 heteroatoms. The predicted octanol–water partition coefficient (Wildman–Crippen LogP) is 2.62. The molecular formula is C14H18N2O2S2. The van der Waals surface area contributed by atoms with Crippen LogP contribution in [0.5, 0.6) is 0 Å². The van der Waals surface area contributed by atoms with E-state index >= 15 is 0 Å². The number of carbonyl (C=O) groups excluding carboxylic acids is 1. The topological polar surface area (TPSA) is 53.4 Å². The largest absolute Gasteiger partial charge is 0.394 e. The number of thioether (sulfide) groups is 1. The van der Waals surface area contributed by atoms with E-state index in [9.17, 15) is 4.79 Å². The molecule has 0 aliphatic carbocycles. The first kappa shape index (κ1) is 15.3. The lowest BCUT2D eigenvalue weighted by molar-refractivity contribution is -0.131. The van der Waals surface area contributed by atoms with Crippen LogP contribution in [0.4, 0.5) is 0 Å². The standard InChI is InChI=1S/C14H18N2O2S2/c1-9(8-17)16(3)13(18)10(2)19-14-15-11-6-4-5-7-12(11)20-14/h4-7,9-10,17H,8H2,1-3H3. The van der Waals surface area contributed by atoms with Crippen molar-refractivity contribution in [3.05, 3.63) is 24.3 Å². The van der Waals surface area contributed by atoms with Crippen molar-refractivity contribution in [3.8, 4) is 0 Å². The van der Waals surface area contributed by atoms with Crippen molar-refractivity contribution in [2.75, 3.05) is 13.7 Å².